The maximum Gasteiger partial charge on any atom is 0.404 e. The number of rotatable bonds is 12. The highest BCUT2D eigenvalue weighted by atomic mass is 16.4. The lowest BCUT2D eigenvalue weighted by atomic mass is 9.84. The van der Waals surface area contributed by atoms with E-state index < -0.39 is 6.09 Å². The summed E-state index contributed by atoms with van der Waals surface area (Å²) < 4.78 is 0. The molecule has 5 N–H and O–H groups in total. The zero-order valence-electron chi connectivity index (χ0n) is 21.0. The number of hydrogen-bond donors (Lipinski definition) is 4. The first-order chi connectivity index (χ1) is 14.8. The quantitative estimate of drug-likeness (QED) is 0.325. The topological polar surface area (TPSA) is 108 Å². The van der Waals surface area contributed by atoms with Gasteiger partial charge in [0.15, 0.2) is 0 Å². The van der Waals surface area contributed by atoms with Gasteiger partial charge in [0, 0.05) is 31.2 Å². The van der Waals surface area contributed by atoms with Crippen LogP contribution in [0.15, 0.2) is 18.2 Å². The molecule has 0 radical (unpaired) electrons. The Balaban J connectivity index is 3.07. The molecular formula is C25H44N4O3. The van der Waals surface area contributed by atoms with E-state index in [0.29, 0.717) is 41.7 Å². The van der Waals surface area contributed by atoms with Gasteiger partial charge in [-0.25, -0.2) is 4.79 Å². The third-order valence-electron chi connectivity index (χ3n) is 5.62. The summed E-state index contributed by atoms with van der Waals surface area (Å²) in [5.74, 6) is 1.08. The van der Waals surface area contributed by atoms with Gasteiger partial charge in [0.2, 0.25) is 0 Å². The van der Waals surface area contributed by atoms with E-state index in [0.717, 1.165) is 25.9 Å². The molecule has 1 atom stereocenters. The van der Waals surface area contributed by atoms with E-state index in [1.54, 1.807) is 12.1 Å². The smallest absolute Gasteiger partial charge is 0.404 e. The van der Waals surface area contributed by atoms with E-state index in [1.807, 2.05) is 11.0 Å². The predicted octanol–water partition coefficient (Wildman–Crippen LogP) is 5.29. The third-order valence-corrected chi connectivity index (χ3v) is 5.62. The van der Waals surface area contributed by atoms with E-state index in [2.05, 4.69) is 59.1 Å². The highest BCUT2D eigenvalue weighted by Crippen LogP contribution is 2.29. The summed E-state index contributed by atoms with van der Waals surface area (Å²) in [7, 11) is 0. The number of amides is 2. The average molecular weight is 449 g/mol. The largest absolute Gasteiger partial charge is 0.465 e. The molecule has 0 bridgehead atoms. The van der Waals surface area contributed by atoms with Crippen molar-refractivity contribution >= 4 is 23.4 Å². The standard InChI is InChI=1S/C25H44N4O3/c1-17(2)11-14-29(15-12-18(3)4)23(30)19-8-9-20(26)21(16-19)28-22(25(5,6)7)10-13-27-24(31)32/h8-9,16-18,22,27-28H,10-15,26H2,1-7H3,(H,31,32). The van der Waals surface area contributed by atoms with Crippen LogP contribution in [0.4, 0.5) is 16.2 Å². The fourth-order valence-electron chi connectivity index (χ4n) is 3.37. The van der Waals surface area contributed by atoms with E-state index in [4.69, 9.17) is 10.8 Å². The first-order valence-electron chi connectivity index (χ1n) is 11.7. The molecule has 0 spiro atoms. The van der Waals surface area contributed by atoms with Gasteiger partial charge in [0.05, 0.1) is 11.4 Å². The number of nitrogen functional groups attached to an aromatic ring is 1. The number of nitrogens with zero attached hydrogens (tertiary/aromatic N) is 1. The molecule has 32 heavy (non-hydrogen) atoms. The maximum absolute atomic E-state index is 13.3. The van der Waals surface area contributed by atoms with Crippen LogP contribution in [0.2, 0.25) is 0 Å². The van der Waals surface area contributed by atoms with Crippen molar-refractivity contribution in [1.29, 1.82) is 0 Å². The normalized spacial score (nSPS) is 12.7. The molecule has 0 heterocycles. The highest BCUT2D eigenvalue weighted by molar-refractivity contribution is 5.96. The molecule has 1 aromatic carbocycles. The number of nitrogens with one attached hydrogen (secondary N) is 2. The lowest BCUT2D eigenvalue weighted by Crippen LogP contribution is -2.38. The third kappa shape index (κ3) is 9.79. The number of benzene rings is 1. The summed E-state index contributed by atoms with van der Waals surface area (Å²) in [6.07, 6.45) is 1.49. The molecule has 1 aromatic rings. The fraction of sp³-hybridized carbons (Fsp3) is 0.680. The SMILES string of the molecule is CC(C)CCN(CCC(C)C)C(=O)c1ccc(N)c(NC(CCNC(=O)O)C(C)(C)C)c1. The van der Waals surface area contributed by atoms with E-state index >= 15 is 0 Å². The van der Waals surface area contributed by atoms with Crippen LogP contribution in [0.1, 0.15) is 78.1 Å². The van der Waals surface area contributed by atoms with Crippen molar-refractivity contribution in [2.75, 3.05) is 30.7 Å². The second kappa shape index (κ2) is 12.6. The fourth-order valence-corrected chi connectivity index (χ4v) is 3.37. The molecule has 7 nitrogen and oxygen atoms in total. The van der Waals surface area contributed by atoms with Crippen molar-refractivity contribution in [1.82, 2.24) is 10.2 Å². The summed E-state index contributed by atoms with van der Waals surface area (Å²) in [6, 6.07) is 5.37. The molecular weight excluding hydrogens is 404 g/mol. The highest BCUT2D eigenvalue weighted by Gasteiger charge is 2.26. The van der Waals surface area contributed by atoms with Gasteiger partial charge in [-0.15, -0.1) is 0 Å². The monoisotopic (exact) mass is 448 g/mol. The first kappa shape index (κ1) is 27.6. The lowest BCUT2D eigenvalue weighted by molar-refractivity contribution is 0.0741. The second-order valence-corrected chi connectivity index (χ2v) is 10.5. The molecule has 0 aliphatic rings. The Morgan fingerprint density at radius 2 is 1.59 bits per heavy atom. The minimum absolute atomic E-state index is 0.0224. The van der Waals surface area contributed by atoms with Crippen LogP contribution in [0.3, 0.4) is 0 Å². The Hall–Kier alpha value is -2.44. The van der Waals surface area contributed by atoms with Crippen molar-refractivity contribution in [2.24, 2.45) is 17.3 Å². The van der Waals surface area contributed by atoms with Gasteiger partial charge in [0.1, 0.15) is 0 Å². The molecule has 0 aliphatic carbocycles. The lowest BCUT2D eigenvalue weighted by Gasteiger charge is -2.33. The van der Waals surface area contributed by atoms with Gasteiger partial charge in [-0.2, -0.15) is 0 Å². The number of hydrogen-bond acceptors (Lipinski definition) is 4. The maximum atomic E-state index is 13.3. The Morgan fingerprint density at radius 3 is 2.06 bits per heavy atom. The van der Waals surface area contributed by atoms with Gasteiger partial charge in [-0.1, -0.05) is 48.5 Å². The van der Waals surface area contributed by atoms with Gasteiger partial charge in [0.25, 0.3) is 5.91 Å². The van der Waals surface area contributed by atoms with E-state index in [1.165, 1.54) is 0 Å². The Kier molecular flexibility index (Phi) is 10.8. The van der Waals surface area contributed by atoms with Crippen molar-refractivity contribution in [2.45, 2.75) is 73.8 Å². The molecule has 0 saturated heterocycles. The zero-order valence-corrected chi connectivity index (χ0v) is 21.0. The van der Waals surface area contributed by atoms with Gasteiger partial charge >= 0.3 is 6.09 Å². The zero-order chi connectivity index (χ0) is 24.5. The molecule has 0 fully saturated rings. The molecule has 0 aliphatic heterocycles. The number of carboxylic acid groups (broad SMARTS) is 1. The second-order valence-electron chi connectivity index (χ2n) is 10.5. The van der Waals surface area contributed by atoms with Crippen LogP contribution in [0, 0.1) is 17.3 Å². The van der Waals surface area contributed by atoms with Crippen molar-refractivity contribution < 1.29 is 14.7 Å². The molecule has 7 heteroatoms. The number of carbonyl (C=O) groups excluding carboxylic acids is 1. The van der Waals surface area contributed by atoms with Gasteiger partial charge < -0.3 is 26.4 Å². The van der Waals surface area contributed by atoms with Crippen molar-refractivity contribution in [3.63, 3.8) is 0 Å². The Morgan fingerprint density at radius 1 is 1.03 bits per heavy atom. The minimum atomic E-state index is -1.03. The summed E-state index contributed by atoms with van der Waals surface area (Å²) in [5, 5.41) is 14.8. The average Bonchev–Trinajstić information content (AvgIpc) is 2.66. The molecule has 1 rings (SSSR count). The van der Waals surface area contributed by atoms with Crippen LogP contribution >= 0.6 is 0 Å². The van der Waals surface area contributed by atoms with E-state index in [9.17, 15) is 9.59 Å². The number of nitrogens with two attached hydrogens (primary N) is 1. The predicted molar refractivity (Wildman–Crippen MR) is 133 cm³/mol. The molecule has 0 aromatic heterocycles. The molecule has 1 unspecified atom stereocenters. The minimum Gasteiger partial charge on any atom is -0.465 e. The first-order valence-corrected chi connectivity index (χ1v) is 11.7. The summed E-state index contributed by atoms with van der Waals surface area (Å²) in [5.41, 5.74) is 7.99. The molecule has 2 amide bonds. The van der Waals surface area contributed by atoms with Gasteiger partial charge in [-0.3, -0.25) is 4.79 Å². The number of carbonyl (C=O) groups is 2. The van der Waals surface area contributed by atoms with Crippen molar-refractivity contribution in [3.8, 4) is 0 Å². The summed E-state index contributed by atoms with van der Waals surface area (Å²) in [4.78, 5) is 26.1. The van der Waals surface area contributed by atoms with E-state index in [-0.39, 0.29) is 17.4 Å². The Bertz CT molecular complexity index is 729. The van der Waals surface area contributed by atoms with Crippen LogP contribution in [0.25, 0.3) is 0 Å². The van der Waals surface area contributed by atoms with Crippen LogP contribution in [-0.2, 0) is 0 Å². The number of anilines is 2. The Labute approximate surface area is 194 Å². The van der Waals surface area contributed by atoms with Crippen LogP contribution < -0.4 is 16.4 Å². The van der Waals surface area contributed by atoms with Crippen LogP contribution in [0.5, 0.6) is 0 Å². The summed E-state index contributed by atoms with van der Waals surface area (Å²) >= 11 is 0. The molecule has 182 valence electrons. The summed E-state index contributed by atoms with van der Waals surface area (Å²) in [6.45, 7) is 16.8. The molecule has 0 saturated carbocycles. The van der Waals surface area contributed by atoms with Crippen molar-refractivity contribution in [3.05, 3.63) is 23.8 Å². The van der Waals surface area contributed by atoms with Gasteiger partial charge in [-0.05, 0) is 54.7 Å². The van der Waals surface area contributed by atoms with Crippen LogP contribution in [-0.4, -0.2) is 47.7 Å².